The largest absolute Gasteiger partial charge is 0.463 e. The number of hydrogen-bond acceptors (Lipinski definition) is 5. The van der Waals surface area contributed by atoms with Crippen LogP contribution in [0.2, 0.25) is 0 Å². The fourth-order valence-corrected chi connectivity index (χ4v) is 1.43. The summed E-state index contributed by atoms with van der Waals surface area (Å²) in [5.74, 6) is -2.49. The number of ether oxygens (including phenoxy) is 1. The van der Waals surface area contributed by atoms with Crippen molar-refractivity contribution in [3.8, 4) is 12.1 Å². The second-order valence-electron chi connectivity index (χ2n) is 3.43. The molecule has 96 valence electrons. The van der Waals surface area contributed by atoms with Crippen LogP contribution in [-0.4, -0.2) is 24.5 Å². The van der Waals surface area contributed by atoms with Gasteiger partial charge in [0.15, 0.2) is 0 Å². The summed E-state index contributed by atoms with van der Waals surface area (Å²) < 4.78 is 18.0. The van der Waals surface area contributed by atoms with Gasteiger partial charge in [0.2, 0.25) is 5.78 Å². The summed E-state index contributed by atoms with van der Waals surface area (Å²) in [6.45, 7) is 1.42. The number of halogens is 1. The van der Waals surface area contributed by atoms with Crippen LogP contribution in [-0.2, 0) is 9.53 Å². The molecule has 0 heterocycles. The maximum absolute atomic E-state index is 13.6. The van der Waals surface area contributed by atoms with E-state index in [1.807, 2.05) is 0 Å². The van der Waals surface area contributed by atoms with Crippen molar-refractivity contribution in [1.82, 2.24) is 0 Å². The number of hydrogen-bond donors (Lipinski definition) is 0. The fraction of sp³-hybridized carbons (Fsp3) is 0.231. The van der Waals surface area contributed by atoms with Crippen molar-refractivity contribution in [3.05, 3.63) is 34.9 Å². The molecule has 0 amide bonds. The van der Waals surface area contributed by atoms with Gasteiger partial charge in [0, 0.05) is 5.56 Å². The third kappa shape index (κ3) is 2.93. The van der Waals surface area contributed by atoms with Gasteiger partial charge in [-0.3, -0.25) is 4.79 Å². The van der Waals surface area contributed by atoms with Crippen LogP contribution < -0.4 is 0 Å². The zero-order valence-corrected chi connectivity index (χ0v) is 10.0. The summed E-state index contributed by atoms with van der Waals surface area (Å²) in [4.78, 5) is 22.9. The van der Waals surface area contributed by atoms with Gasteiger partial charge in [-0.2, -0.15) is 10.5 Å². The Kier molecular flexibility index (Phi) is 4.73. The molecule has 0 aromatic heterocycles. The first kappa shape index (κ1) is 14.3. The van der Waals surface area contributed by atoms with Gasteiger partial charge in [0.1, 0.15) is 12.1 Å². The van der Waals surface area contributed by atoms with Crippen LogP contribution in [0.3, 0.4) is 0 Å². The van der Waals surface area contributed by atoms with Gasteiger partial charge < -0.3 is 4.74 Å². The molecule has 1 aromatic rings. The molecule has 0 spiro atoms. The number of nitriles is 2. The first-order valence-corrected chi connectivity index (χ1v) is 5.34. The highest BCUT2D eigenvalue weighted by atomic mass is 19.1. The lowest BCUT2D eigenvalue weighted by molar-refractivity contribution is -0.147. The maximum atomic E-state index is 13.6. The number of rotatable bonds is 4. The molecule has 0 aliphatic rings. The molecule has 0 aliphatic carbocycles. The fourth-order valence-electron chi connectivity index (χ4n) is 1.43. The Labute approximate surface area is 108 Å². The highest BCUT2D eigenvalue weighted by Crippen LogP contribution is 2.17. The van der Waals surface area contributed by atoms with Crippen molar-refractivity contribution in [2.45, 2.75) is 13.1 Å². The second kappa shape index (κ2) is 6.27. The van der Waals surface area contributed by atoms with Crippen LogP contribution in [0.1, 0.15) is 28.4 Å². The standard InChI is InChI=1S/C13H9FN2O3/c1-2-19-13(18)11(14)12(17)9-5-3-4-8(6-15)10(9)7-16/h3-5,11H,2H2,1H3. The molecular weight excluding hydrogens is 251 g/mol. The van der Waals surface area contributed by atoms with Gasteiger partial charge in [-0.05, 0) is 19.1 Å². The smallest absolute Gasteiger partial charge is 0.349 e. The molecule has 5 nitrogen and oxygen atoms in total. The Balaban J connectivity index is 3.18. The van der Waals surface area contributed by atoms with Crippen molar-refractivity contribution < 1.29 is 18.7 Å². The molecule has 0 fully saturated rings. The first-order chi connectivity index (χ1) is 9.06. The van der Waals surface area contributed by atoms with E-state index in [4.69, 9.17) is 10.5 Å². The molecular formula is C13H9FN2O3. The van der Waals surface area contributed by atoms with Gasteiger partial charge in [-0.25, -0.2) is 9.18 Å². The quantitative estimate of drug-likeness (QED) is 0.465. The lowest BCUT2D eigenvalue weighted by atomic mass is 9.97. The van der Waals surface area contributed by atoms with Gasteiger partial charge in [0.05, 0.1) is 17.7 Å². The molecule has 0 radical (unpaired) electrons. The summed E-state index contributed by atoms with van der Waals surface area (Å²) in [6.07, 6.45) is -2.50. The monoisotopic (exact) mass is 260 g/mol. The molecule has 0 saturated carbocycles. The molecule has 1 unspecified atom stereocenters. The highest BCUT2D eigenvalue weighted by Gasteiger charge is 2.30. The number of ketones is 1. The number of carbonyl (C=O) groups excluding carboxylic acids is 2. The van der Waals surface area contributed by atoms with Gasteiger partial charge in [-0.1, -0.05) is 6.07 Å². The van der Waals surface area contributed by atoms with Crippen LogP contribution in [0.15, 0.2) is 18.2 Å². The number of nitrogens with zero attached hydrogens (tertiary/aromatic N) is 2. The summed E-state index contributed by atoms with van der Waals surface area (Å²) in [6, 6.07) is 7.23. The van der Waals surface area contributed by atoms with E-state index in [0.717, 1.165) is 0 Å². The summed E-state index contributed by atoms with van der Waals surface area (Å²) in [5, 5.41) is 17.7. The summed E-state index contributed by atoms with van der Waals surface area (Å²) >= 11 is 0. The van der Waals surface area contributed by atoms with Gasteiger partial charge in [-0.15, -0.1) is 0 Å². The predicted octanol–water partition coefficient (Wildman–Crippen LogP) is 1.51. The number of carbonyl (C=O) groups is 2. The maximum Gasteiger partial charge on any atom is 0.349 e. The average molecular weight is 260 g/mol. The van der Waals surface area contributed by atoms with E-state index in [2.05, 4.69) is 4.74 Å². The molecule has 0 N–H and O–H groups in total. The van der Waals surface area contributed by atoms with Gasteiger partial charge >= 0.3 is 5.97 Å². The zero-order chi connectivity index (χ0) is 14.4. The van der Waals surface area contributed by atoms with Crippen molar-refractivity contribution in [2.24, 2.45) is 0 Å². The molecule has 0 saturated heterocycles. The molecule has 1 rings (SSSR count). The third-order valence-electron chi connectivity index (χ3n) is 2.29. The van der Waals surface area contributed by atoms with Crippen LogP contribution in [0.25, 0.3) is 0 Å². The molecule has 1 aromatic carbocycles. The Bertz CT molecular complexity index is 599. The Hall–Kier alpha value is -2.73. The minimum atomic E-state index is -2.50. The minimum absolute atomic E-state index is 0.0515. The molecule has 19 heavy (non-hydrogen) atoms. The van der Waals surface area contributed by atoms with E-state index in [9.17, 15) is 14.0 Å². The van der Waals surface area contributed by atoms with Crippen molar-refractivity contribution in [2.75, 3.05) is 6.61 Å². The number of benzene rings is 1. The van der Waals surface area contributed by atoms with E-state index in [-0.39, 0.29) is 23.3 Å². The Morgan fingerprint density at radius 3 is 2.58 bits per heavy atom. The highest BCUT2D eigenvalue weighted by molar-refractivity contribution is 6.12. The second-order valence-corrected chi connectivity index (χ2v) is 3.43. The lowest BCUT2D eigenvalue weighted by Crippen LogP contribution is -2.28. The number of Topliss-reactive ketones (excluding diaryl/α,β-unsaturated/α-hetero) is 1. The van der Waals surface area contributed by atoms with E-state index in [1.54, 1.807) is 12.1 Å². The van der Waals surface area contributed by atoms with Gasteiger partial charge in [0.25, 0.3) is 6.17 Å². The Morgan fingerprint density at radius 2 is 2.05 bits per heavy atom. The SMILES string of the molecule is CCOC(=O)C(F)C(=O)c1cccc(C#N)c1C#N. The number of esters is 1. The number of alkyl halides is 1. The summed E-state index contributed by atoms with van der Waals surface area (Å²) in [7, 11) is 0. The topological polar surface area (TPSA) is 90.9 Å². The van der Waals surface area contributed by atoms with E-state index >= 15 is 0 Å². The van der Waals surface area contributed by atoms with E-state index in [0.29, 0.717) is 0 Å². The average Bonchev–Trinajstić information content (AvgIpc) is 2.44. The van der Waals surface area contributed by atoms with Crippen molar-refractivity contribution in [3.63, 3.8) is 0 Å². The normalized spacial score (nSPS) is 10.9. The van der Waals surface area contributed by atoms with Crippen LogP contribution in [0.4, 0.5) is 4.39 Å². The molecule has 0 bridgehead atoms. The minimum Gasteiger partial charge on any atom is -0.463 e. The zero-order valence-electron chi connectivity index (χ0n) is 10.0. The van der Waals surface area contributed by atoms with E-state index < -0.39 is 17.9 Å². The lowest BCUT2D eigenvalue weighted by Gasteiger charge is -2.08. The van der Waals surface area contributed by atoms with E-state index in [1.165, 1.54) is 25.1 Å². The third-order valence-corrected chi connectivity index (χ3v) is 2.29. The Morgan fingerprint density at radius 1 is 1.37 bits per heavy atom. The van der Waals surface area contributed by atoms with Crippen molar-refractivity contribution in [1.29, 1.82) is 10.5 Å². The predicted molar refractivity (Wildman–Crippen MR) is 61.7 cm³/mol. The molecule has 6 heteroatoms. The molecule has 0 aliphatic heterocycles. The first-order valence-electron chi connectivity index (χ1n) is 5.34. The molecule has 1 atom stereocenters. The summed E-state index contributed by atoms with van der Waals surface area (Å²) in [5.41, 5.74) is -0.603. The van der Waals surface area contributed by atoms with Crippen LogP contribution in [0, 0.1) is 22.7 Å². The van der Waals surface area contributed by atoms with Crippen molar-refractivity contribution >= 4 is 11.8 Å². The van der Waals surface area contributed by atoms with Crippen LogP contribution >= 0.6 is 0 Å². The van der Waals surface area contributed by atoms with Crippen LogP contribution in [0.5, 0.6) is 0 Å².